The van der Waals surface area contributed by atoms with Gasteiger partial charge in [-0.05, 0) is 6.07 Å². The molecule has 0 aliphatic carbocycles. The number of alkyl halides is 2. The van der Waals surface area contributed by atoms with Crippen molar-refractivity contribution >= 4 is 11.7 Å². The van der Waals surface area contributed by atoms with Gasteiger partial charge in [0.15, 0.2) is 0 Å². The lowest BCUT2D eigenvalue weighted by molar-refractivity contribution is -0.388. The van der Waals surface area contributed by atoms with Gasteiger partial charge in [-0.25, -0.2) is 13.8 Å². The summed E-state index contributed by atoms with van der Waals surface area (Å²) >= 11 is 0. The Morgan fingerprint density at radius 1 is 1.61 bits per heavy atom. The zero-order chi connectivity index (χ0) is 13.9. The Morgan fingerprint density at radius 2 is 2.22 bits per heavy atom. The highest BCUT2D eigenvalue weighted by atomic mass is 19.3. The first-order chi connectivity index (χ1) is 8.36. The molecule has 98 valence electrons. The van der Waals surface area contributed by atoms with Gasteiger partial charge < -0.3 is 4.74 Å². The van der Waals surface area contributed by atoms with E-state index in [0.717, 1.165) is 7.11 Å². The molecule has 0 fully saturated rings. The van der Waals surface area contributed by atoms with Gasteiger partial charge in [0.2, 0.25) is 0 Å². The van der Waals surface area contributed by atoms with Crippen LogP contribution in [0.25, 0.3) is 0 Å². The largest absolute Gasteiger partial charge is 0.469 e. The van der Waals surface area contributed by atoms with Crippen molar-refractivity contribution in [2.75, 3.05) is 7.11 Å². The summed E-state index contributed by atoms with van der Waals surface area (Å²) < 4.78 is 42.2. The molecule has 0 radical (unpaired) electrons. The average molecular weight is 264 g/mol. The van der Waals surface area contributed by atoms with Gasteiger partial charge in [0.1, 0.15) is 5.69 Å². The van der Waals surface area contributed by atoms with E-state index in [1.54, 1.807) is 0 Å². The van der Waals surface area contributed by atoms with E-state index in [9.17, 15) is 28.1 Å². The molecule has 0 unspecified atom stereocenters. The van der Waals surface area contributed by atoms with Gasteiger partial charge in [0.25, 0.3) is 12.4 Å². The molecule has 0 spiro atoms. The monoisotopic (exact) mass is 264 g/mol. The second-order valence-corrected chi connectivity index (χ2v) is 3.16. The molecule has 1 aromatic rings. The van der Waals surface area contributed by atoms with Gasteiger partial charge in [-0.2, -0.15) is 4.39 Å². The Morgan fingerprint density at radius 3 is 2.67 bits per heavy atom. The number of hydrogen-bond donors (Lipinski definition) is 0. The number of halogens is 3. The van der Waals surface area contributed by atoms with Crippen molar-refractivity contribution < 1.29 is 27.6 Å². The van der Waals surface area contributed by atoms with Crippen LogP contribution in [-0.2, 0) is 16.0 Å². The van der Waals surface area contributed by atoms with Gasteiger partial charge in [-0.1, -0.05) is 0 Å². The number of pyridine rings is 1. The third kappa shape index (κ3) is 2.93. The number of nitro groups is 1. The number of carbonyl (C=O) groups is 1. The van der Waals surface area contributed by atoms with E-state index < -0.39 is 46.6 Å². The Bertz CT molecular complexity index is 493. The quantitative estimate of drug-likeness (QED) is 0.358. The predicted octanol–water partition coefficient (Wildman–Crippen LogP) is 1.78. The fourth-order valence-electron chi connectivity index (χ4n) is 1.24. The van der Waals surface area contributed by atoms with Crippen LogP contribution in [0.2, 0.25) is 0 Å². The zero-order valence-corrected chi connectivity index (χ0v) is 9.02. The molecule has 18 heavy (non-hydrogen) atoms. The molecule has 9 heteroatoms. The fraction of sp³-hybridized carbons (Fsp3) is 0.333. The first kappa shape index (κ1) is 13.9. The highest BCUT2D eigenvalue weighted by Crippen LogP contribution is 2.27. The molecule has 1 rings (SSSR count). The molecule has 1 aromatic heterocycles. The van der Waals surface area contributed by atoms with Crippen LogP contribution < -0.4 is 0 Å². The van der Waals surface area contributed by atoms with Crippen molar-refractivity contribution in [2.24, 2.45) is 0 Å². The Kier molecular flexibility index (Phi) is 4.18. The molecule has 1 heterocycles. The van der Waals surface area contributed by atoms with E-state index in [0.29, 0.717) is 6.07 Å². The van der Waals surface area contributed by atoms with Crippen LogP contribution in [0.3, 0.4) is 0 Å². The smallest absolute Gasteiger partial charge is 0.327 e. The van der Waals surface area contributed by atoms with Crippen molar-refractivity contribution in [3.05, 3.63) is 33.4 Å². The Hall–Kier alpha value is -2.19. The molecular weight excluding hydrogens is 257 g/mol. The van der Waals surface area contributed by atoms with Crippen molar-refractivity contribution in [1.82, 2.24) is 4.98 Å². The van der Waals surface area contributed by atoms with E-state index in [1.807, 2.05) is 0 Å². The van der Waals surface area contributed by atoms with Crippen molar-refractivity contribution in [3.8, 4) is 0 Å². The lowest BCUT2D eigenvalue weighted by atomic mass is 10.1. The molecular formula is C9H7F3N2O4. The van der Waals surface area contributed by atoms with E-state index in [-0.39, 0.29) is 0 Å². The fourth-order valence-corrected chi connectivity index (χ4v) is 1.24. The van der Waals surface area contributed by atoms with Crippen molar-refractivity contribution in [2.45, 2.75) is 12.8 Å². The summed E-state index contributed by atoms with van der Waals surface area (Å²) in [6.07, 6.45) is -3.79. The summed E-state index contributed by atoms with van der Waals surface area (Å²) in [5.74, 6) is -2.57. The summed E-state index contributed by atoms with van der Waals surface area (Å²) in [6.45, 7) is 0. The molecule has 0 aromatic carbocycles. The molecule has 0 aliphatic rings. The van der Waals surface area contributed by atoms with E-state index in [1.165, 1.54) is 0 Å². The third-order valence-corrected chi connectivity index (χ3v) is 2.02. The minimum Gasteiger partial charge on any atom is -0.469 e. The molecule has 0 saturated carbocycles. The van der Waals surface area contributed by atoms with Crippen LogP contribution in [0.5, 0.6) is 0 Å². The maximum atomic E-state index is 13.2. The van der Waals surface area contributed by atoms with Crippen molar-refractivity contribution in [3.63, 3.8) is 0 Å². The highest BCUT2D eigenvalue weighted by Gasteiger charge is 2.27. The number of nitrogens with zero attached hydrogens (tertiary/aromatic N) is 2. The summed E-state index contributed by atoms with van der Waals surface area (Å²) in [5, 5.41) is 10.6. The zero-order valence-electron chi connectivity index (χ0n) is 9.02. The van der Waals surface area contributed by atoms with E-state index in [2.05, 4.69) is 9.72 Å². The summed E-state index contributed by atoms with van der Waals surface area (Å²) in [5.41, 5.74) is -2.59. The van der Waals surface area contributed by atoms with Crippen LogP contribution in [0.15, 0.2) is 6.07 Å². The molecule has 0 amide bonds. The summed E-state index contributed by atoms with van der Waals surface area (Å²) in [4.78, 5) is 23.2. The Labute approximate surface area is 98.5 Å². The molecule has 0 atom stereocenters. The van der Waals surface area contributed by atoms with E-state index in [4.69, 9.17) is 0 Å². The van der Waals surface area contributed by atoms with Crippen LogP contribution in [0.1, 0.15) is 17.7 Å². The number of rotatable bonds is 4. The van der Waals surface area contributed by atoms with Crippen LogP contribution in [0, 0.1) is 16.1 Å². The van der Waals surface area contributed by atoms with Gasteiger partial charge >= 0.3 is 11.7 Å². The number of hydrogen-bond acceptors (Lipinski definition) is 5. The summed E-state index contributed by atoms with van der Waals surface area (Å²) in [7, 11) is 1.01. The lowest BCUT2D eigenvalue weighted by Gasteiger charge is -2.05. The number of ether oxygens (including phenoxy) is 1. The van der Waals surface area contributed by atoms with Crippen LogP contribution in [-0.4, -0.2) is 23.0 Å². The van der Waals surface area contributed by atoms with Gasteiger partial charge in [0, 0.05) is 5.56 Å². The Balaban J connectivity index is 3.33. The molecule has 0 aliphatic heterocycles. The maximum absolute atomic E-state index is 13.2. The van der Waals surface area contributed by atoms with Crippen LogP contribution in [0.4, 0.5) is 18.9 Å². The second kappa shape index (κ2) is 5.43. The predicted molar refractivity (Wildman–Crippen MR) is 51.5 cm³/mol. The third-order valence-electron chi connectivity index (χ3n) is 2.02. The van der Waals surface area contributed by atoms with Gasteiger partial charge in [-0.15, -0.1) is 0 Å². The van der Waals surface area contributed by atoms with Gasteiger partial charge in [0.05, 0.1) is 18.5 Å². The van der Waals surface area contributed by atoms with Crippen LogP contribution >= 0.6 is 0 Å². The topological polar surface area (TPSA) is 82.3 Å². The number of esters is 1. The van der Waals surface area contributed by atoms with E-state index >= 15 is 0 Å². The standard InChI is InChI=1S/C9H7F3N2O4/c1-18-6(15)3-4-2-5(8(10)11)13-9(12)7(4)14(16)17/h2,8H,3H2,1H3. The minimum atomic E-state index is -3.10. The average Bonchev–Trinajstić information content (AvgIpc) is 2.27. The maximum Gasteiger partial charge on any atom is 0.327 e. The number of carbonyl (C=O) groups excluding carboxylic acids is 1. The van der Waals surface area contributed by atoms with Crippen molar-refractivity contribution in [1.29, 1.82) is 0 Å². The minimum absolute atomic E-state index is 0.505. The molecule has 6 nitrogen and oxygen atoms in total. The second-order valence-electron chi connectivity index (χ2n) is 3.16. The summed E-state index contributed by atoms with van der Waals surface area (Å²) in [6, 6.07) is 0.614. The molecule has 0 saturated heterocycles. The number of aromatic nitrogens is 1. The molecule has 0 bridgehead atoms. The highest BCUT2D eigenvalue weighted by molar-refractivity contribution is 5.74. The first-order valence-corrected chi connectivity index (χ1v) is 4.55. The molecule has 0 N–H and O–H groups in total. The SMILES string of the molecule is COC(=O)Cc1cc(C(F)F)nc(F)c1[N+](=O)[O-]. The first-order valence-electron chi connectivity index (χ1n) is 4.55. The number of methoxy groups -OCH3 is 1. The lowest BCUT2D eigenvalue weighted by Crippen LogP contribution is -2.10. The normalized spacial score (nSPS) is 10.5. The van der Waals surface area contributed by atoms with Gasteiger partial charge in [-0.3, -0.25) is 14.9 Å².